The molecule has 1 atom stereocenters. The number of hydrogen-bond acceptors (Lipinski definition) is 4. The molecule has 0 aliphatic carbocycles. The van der Waals surface area contributed by atoms with E-state index in [0.717, 1.165) is 19.6 Å². The van der Waals surface area contributed by atoms with Crippen LogP contribution in [0.5, 0.6) is 0 Å². The van der Waals surface area contributed by atoms with Gasteiger partial charge in [0.25, 0.3) is 0 Å². The maximum atomic E-state index is 11.5. The van der Waals surface area contributed by atoms with Gasteiger partial charge >= 0.3 is 5.97 Å². The molecule has 1 aliphatic heterocycles. The molecule has 106 valence electrons. The van der Waals surface area contributed by atoms with E-state index in [1.807, 2.05) is 0 Å². The molecule has 0 amide bonds. The second kappa shape index (κ2) is 7.06. The van der Waals surface area contributed by atoms with E-state index in [0.29, 0.717) is 13.0 Å². The number of likely N-dealkylation sites (tertiary alicyclic amines) is 1. The van der Waals surface area contributed by atoms with Crippen molar-refractivity contribution >= 4 is 16.0 Å². The Labute approximate surface area is 108 Å². The first-order chi connectivity index (χ1) is 8.43. The first kappa shape index (κ1) is 15.4. The van der Waals surface area contributed by atoms with Crippen molar-refractivity contribution in [2.75, 3.05) is 26.2 Å². The Morgan fingerprint density at radius 1 is 1.33 bits per heavy atom. The fraction of sp³-hybridized carbons (Fsp3) is 0.909. The summed E-state index contributed by atoms with van der Waals surface area (Å²) in [5, 5.41) is 7.25. The van der Waals surface area contributed by atoms with Crippen molar-refractivity contribution in [2.24, 2.45) is 0 Å². The molecule has 1 fully saturated rings. The molecule has 1 aliphatic rings. The zero-order valence-electron chi connectivity index (χ0n) is 10.8. The van der Waals surface area contributed by atoms with Crippen LogP contribution in [-0.4, -0.2) is 55.8 Å². The van der Waals surface area contributed by atoms with Gasteiger partial charge in [0.15, 0.2) is 5.25 Å². The first-order valence-corrected chi connectivity index (χ1v) is 7.92. The predicted octanol–water partition coefficient (Wildman–Crippen LogP) is 0.255. The van der Waals surface area contributed by atoms with E-state index < -0.39 is 21.2 Å². The Kier molecular flexibility index (Phi) is 6.04. The van der Waals surface area contributed by atoms with Gasteiger partial charge < -0.3 is 10.0 Å². The van der Waals surface area contributed by atoms with E-state index >= 15 is 0 Å². The van der Waals surface area contributed by atoms with Crippen LogP contribution in [0.15, 0.2) is 0 Å². The summed E-state index contributed by atoms with van der Waals surface area (Å²) in [4.78, 5) is 12.9. The maximum absolute atomic E-state index is 11.5. The average Bonchev–Trinajstić information content (AvgIpc) is 2.35. The zero-order valence-corrected chi connectivity index (χ0v) is 11.6. The van der Waals surface area contributed by atoms with Crippen molar-refractivity contribution in [3.05, 3.63) is 0 Å². The van der Waals surface area contributed by atoms with E-state index in [4.69, 9.17) is 5.11 Å². The van der Waals surface area contributed by atoms with Gasteiger partial charge in [0.05, 0.1) is 0 Å². The van der Waals surface area contributed by atoms with Crippen LogP contribution < -0.4 is 4.72 Å². The largest absolute Gasteiger partial charge is 0.480 e. The van der Waals surface area contributed by atoms with E-state index in [-0.39, 0.29) is 0 Å². The van der Waals surface area contributed by atoms with Crippen molar-refractivity contribution < 1.29 is 18.3 Å². The Morgan fingerprint density at radius 3 is 2.50 bits per heavy atom. The lowest BCUT2D eigenvalue weighted by Gasteiger charge is -2.26. The summed E-state index contributed by atoms with van der Waals surface area (Å²) in [6.45, 7) is 4.51. The van der Waals surface area contributed by atoms with Crippen molar-refractivity contribution in [3.63, 3.8) is 0 Å². The molecule has 0 aromatic carbocycles. The number of rotatable bonds is 7. The summed E-state index contributed by atoms with van der Waals surface area (Å²) in [5.41, 5.74) is 0. The van der Waals surface area contributed by atoms with Crippen LogP contribution in [0, 0.1) is 0 Å². The lowest BCUT2D eigenvalue weighted by Crippen LogP contribution is -2.39. The standard InChI is InChI=1S/C11H22N2O4S/c1-10(11(14)15)18(16,17)12-6-5-9-13-7-3-2-4-8-13/h10,12H,2-9H2,1H3,(H,14,15). The molecule has 0 aromatic rings. The minimum atomic E-state index is -3.73. The van der Waals surface area contributed by atoms with Crippen LogP contribution in [0.4, 0.5) is 0 Å². The second-order valence-corrected chi connectivity index (χ2v) is 6.76. The Balaban J connectivity index is 2.22. The van der Waals surface area contributed by atoms with Gasteiger partial charge in [0, 0.05) is 6.54 Å². The molecule has 7 heteroatoms. The number of sulfonamides is 1. The molecule has 18 heavy (non-hydrogen) atoms. The molecule has 1 saturated heterocycles. The van der Waals surface area contributed by atoms with E-state index in [2.05, 4.69) is 9.62 Å². The summed E-state index contributed by atoms with van der Waals surface area (Å²) in [5.74, 6) is -1.32. The highest BCUT2D eigenvalue weighted by Gasteiger charge is 2.26. The molecule has 0 bridgehead atoms. The maximum Gasteiger partial charge on any atom is 0.323 e. The zero-order chi connectivity index (χ0) is 13.6. The molecule has 1 heterocycles. The topological polar surface area (TPSA) is 86.7 Å². The lowest BCUT2D eigenvalue weighted by molar-refractivity contribution is -0.136. The summed E-state index contributed by atoms with van der Waals surface area (Å²) >= 11 is 0. The molecule has 6 nitrogen and oxygen atoms in total. The quantitative estimate of drug-likeness (QED) is 0.652. The van der Waals surface area contributed by atoms with Crippen molar-refractivity contribution in [1.82, 2.24) is 9.62 Å². The van der Waals surface area contributed by atoms with Gasteiger partial charge in [-0.25, -0.2) is 13.1 Å². The Morgan fingerprint density at radius 2 is 1.94 bits per heavy atom. The number of carboxylic acid groups (broad SMARTS) is 1. The van der Waals surface area contributed by atoms with E-state index in [9.17, 15) is 13.2 Å². The molecule has 0 aromatic heterocycles. The normalized spacial score (nSPS) is 19.6. The van der Waals surface area contributed by atoms with Crippen LogP contribution in [0.2, 0.25) is 0 Å². The second-order valence-electron chi connectivity index (χ2n) is 4.68. The lowest BCUT2D eigenvalue weighted by atomic mass is 10.1. The number of piperidine rings is 1. The molecule has 2 N–H and O–H groups in total. The van der Waals surface area contributed by atoms with Gasteiger partial charge in [-0.1, -0.05) is 6.42 Å². The Hall–Kier alpha value is -0.660. The molecular weight excluding hydrogens is 256 g/mol. The van der Waals surface area contributed by atoms with E-state index in [1.165, 1.54) is 26.2 Å². The van der Waals surface area contributed by atoms with Gasteiger partial charge in [-0.2, -0.15) is 0 Å². The van der Waals surface area contributed by atoms with Crippen LogP contribution in [0.1, 0.15) is 32.6 Å². The molecule has 0 spiro atoms. The number of aliphatic carboxylic acids is 1. The van der Waals surface area contributed by atoms with Gasteiger partial charge in [0.1, 0.15) is 0 Å². The summed E-state index contributed by atoms with van der Waals surface area (Å²) < 4.78 is 25.4. The number of nitrogens with one attached hydrogen (secondary N) is 1. The summed E-state index contributed by atoms with van der Waals surface area (Å²) in [6, 6.07) is 0. The number of nitrogens with zero attached hydrogens (tertiary/aromatic N) is 1. The highest BCUT2D eigenvalue weighted by molar-refractivity contribution is 7.90. The predicted molar refractivity (Wildman–Crippen MR) is 68.9 cm³/mol. The fourth-order valence-electron chi connectivity index (χ4n) is 1.96. The smallest absolute Gasteiger partial charge is 0.323 e. The summed E-state index contributed by atoms with van der Waals surface area (Å²) in [7, 11) is -3.73. The molecule has 1 rings (SSSR count). The number of hydrogen-bond donors (Lipinski definition) is 2. The minimum Gasteiger partial charge on any atom is -0.480 e. The molecular formula is C11H22N2O4S. The molecule has 0 saturated carbocycles. The summed E-state index contributed by atoms with van der Waals surface area (Å²) in [6.07, 6.45) is 4.41. The first-order valence-electron chi connectivity index (χ1n) is 6.37. The Bertz CT molecular complexity index is 363. The van der Waals surface area contributed by atoms with Crippen molar-refractivity contribution in [1.29, 1.82) is 0 Å². The third-order valence-corrected chi connectivity index (χ3v) is 4.96. The molecule has 1 unspecified atom stereocenters. The van der Waals surface area contributed by atoms with Gasteiger partial charge in [-0.15, -0.1) is 0 Å². The fourth-order valence-corrected chi connectivity index (χ4v) is 2.90. The van der Waals surface area contributed by atoms with Gasteiger partial charge in [-0.3, -0.25) is 4.79 Å². The van der Waals surface area contributed by atoms with Gasteiger partial charge in [-0.05, 0) is 45.8 Å². The SMILES string of the molecule is CC(C(=O)O)S(=O)(=O)NCCCN1CCCCC1. The minimum absolute atomic E-state index is 0.302. The number of carboxylic acids is 1. The number of carbonyl (C=O) groups is 1. The van der Waals surface area contributed by atoms with Crippen LogP contribution in [0.3, 0.4) is 0 Å². The average molecular weight is 278 g/mol. The highest BCUT2D eigenvalue weighted by atomic mass is 32.2. The van der Waals surface area contributed by atoms with Crippen LogP contribution >= 0.6 is 0 Å². The molecule has 0 radical (unpaired) electrons. The third-order valence-electron chi connectivity index (χ3n) is 3.22. The third kappa shape index (κ3) is 4.91. The van der Waals surface area contributed by atoms with Crippen LogP contribution in [0.25, 0.3) is 0 Å². The van der Waals surface area contributed by atoms with Gasteiger partial charge in [0.2, 0.25) is 10.0 Å². The van der Waals surface area contributed by atoms with Crippen LogP contribution in [-0.2, 0) is 14.8 Å². The monoisotopic (exact) mass is 278 g/mol. The van der Waals surface area contributed by atoms with Crippen molar-refractivity contribution in [3.8, 4) is 0 Å². The van der Waals surface area contributed by atoms with Crippen molar-refractivity contribution in [2.45, 2.75) is 37.9 Å². The van der Waals surface area contributed by atoms with E-state index in [1.54, 1.807) is 0 Å². The highest BCUT2D eigenvalue weighted by Crippen LogP contribution is 2.08.